The number of nitro benzene ring substituents is 1. The molecular weight excluding hydrogens is 422 g/mol. The summed E-state index contributed by atoms with van der Waals surface area (Å²) in [5.74, 6) is 0. The van der Waals surface area contributed by atoms with E-state index in [1.807, 2.05) is 12.3 Å². The molecular formula is C19H13N7O4S. The highest BCUT2D eigenvalue weighted by Crippen LogP contribution is 2.24. The van der Waals surface area contributed by atoms with E-state index in [2.05, 4.69) is 15.1 Å². The predicted molar refractivity (Wildman–Crippen MR) is 113 cm³/mol. The van der Waals surface area contributed by atoms with Crippen LogP contribution in [0, 0.1) is 17.0 Å². The molecule has 0 aliphatic carbocycles. The Morgan fingerprint density at radius 1 is 1.23 bits per heavy atom. The van der Waals surface area contributed by atoms with Gasteiger partial charge in [0.25, 0.3) is 16.8 Å². The third kappa shape index (κ3) is 3.00. The van der Waals surface area contributed by atoms with Gasteiger partial charge in [-0.25, -0.2) is 14.6 Å². The van der Waals surface area contributed by atoms with Crippen molar-refractivity contribution in [2.75, 3.05) is 0 Å². The third-order valence-electron chi connectivity index (χ3n) is 4.82. The van der Waals surface area contributed by atoms with Gasteiger partial charge in [-0.05, 0) is 13.0 Å². The molecule has 11 nitrogen and oxygen atoms in total. The monoisotopic (exact) mass is 435 g/mol. The van der Waals surface area contributed by atoms with Crippen molar-refractivity contribution in [3.63, 3.8) is 0 Å². The van der Waals surface area contributed by atoms with E-state index in [9.17, 15) is 19.7 Å². The second-order valence-electron chi connectivity index (χ2n) is 6.80. The fourth-order valence-electron chi connectivity index (χ4n) is 3.39. The highest BCUT2D eigenvalue weighted by molar-refractivity contribution is 7.15. The quantitative estimate of drug-likeness (QED) is 0.311. The minimum Gasteiger partial charge on any atom is -0.292 e. The van der Waals surface area contributed by atoms with Crippen LogP contribution in [0.2, 0.25) is 0 Å². The number of aromatic nitrogens is 6. The molecule has 154 valence electrons. The van der Waals surface area contributed by atoms with Crippen molar-refractivity contribution in [1.82, 2.24) is 28.7 Å². The first-order valence-corrected chi connectivity index (χ1v) is 9.96. The lowest BCUT2D eigenvalue weighted by atomic mass is 10.2. The Morgan fingerprint density at radius 3 is 2.84 bits per heavy atom. The Hall–Kier alpha value is -4.19. The maximum Gasteiger partial charge on any atom is 0.294 e. The van der Waals surface area contributed by atoms with Crippen LogP contribution in [-0.2, 0) is 6.54 Å². The molecule has 5 rings (SSSR count). The smallest absolute Gasteiger partial charge is 0.292 e. The second kappa shape index (κ2) is 6.95. The highest BCUT2D eigenvalue weighted by Gasteiger charge is 2.19. The predicted octanol–water partition coefficient (Wildman–Crippen LogP) is 1.92. The first-order valence-electron chi connectivity index (χ1n) is 9.08. The molecule has 4 aromatic heterocycles. The zero-order chi connectivity index (χ0) is 21.7. The van der Waals surface area contributed by atoms with Crippen molar-refractivity contribution in [3.05, 3.63) is 90.4 Å². The minimum absolute atomic E-state index is 0.0567. The summed E-state index contributed by atoms with van der Waals surface area (Å²) in [5, 5.41) is 17.5. The lowest BCUT2D eigenvalue weighted by Gasteiger charge is -2.07. The first kappa shape index (κ1) is 18.8. The topological polar surface area (TPSA) is 130 Å². The molecule has 4 heterocycles. The van der Waals surface area contributed by atoms with Crippen molar-refractivity contribution in [2.24, 2.45) is 0 Å². The number of hydrogen-bond acceptors (Lipinski definition) is 8. The van der Waals surface area contributed by atoms with Gasteiger partial charge in [0, 0.05) is 23.2 Å². The van der Waals surface area contributed by atoms with E-state index in [0.29, 0.717) is 10.7 Å². The van der Waals surface area contributed by atoms with Gasteiger partial charge in [-0.15, -0.1) is 11.3 Å². The molecule has 0 aliphatic rings. The van der Waals surface area contributed by atoms with Crippen molar-refractivity contribution in [2.45, 2.75) is 13.5 Å². The number of para-hydroxylation sites is 2. The molecule has 0 unspecified atom stereocenters. The van der Waals surface area contributed by atoms with E-state index >= 15 is 0 Å². The fourth-order valence-corrected chi connectivity index (χ4v) is 4.28. The van der Waals surface area contributed by atoms with Gasteiger partial charge in [0.05, 0.1) is 23.4 Å². The summed E-state index contributed by atoms with van der Waals surface area (Å²) in [4.78, 5) is 45.5. The van der Waals surface area contributed by atoms with Gasteiger partial charge in [-0.2, -0.15) is 5.10 Å². The summed E-state index contributed by atoms with van der Waals surface area (Å²) >= 11 is 1.34. The van der Waals surface area contributed by atoms with Gasteiger partial charge in [0.1, 0.15) is 17.4 Å². The lowest BCUT2D eigenvalue weighted by Crippen LogP contribution is -2.23. The standard InChI is InChI=1S/C19H13N7O4S/c1-11-9-31-19-22-12(6-16(27)24(11)19)8-23-10-20-17-13(18(23)28)7-21-25(17)14-4-2-3-5-15(14)26(29)30/h2-7,9-10H,8H2,1H3. The van der Waals surface area contributed by atoms with Crippen LogP contribution in [0.4, 0.5) is 5.69 Å². The molecule has 0 bridgehead atoms. The number of nitro groups is 1. The van der Waals surface area contributed by atoms with E-state index in [4.69, 9.17) is 0 Å². The zero-order valence-corrected chi connectivity index (χ0v) is 16.8. The number of hydrogen-bond donors (Lipinski definition) is 0. The van der Waals surface area contributed by atoms with Crippen molar-refractivity contribution < 1.29 is 4.92 Å². The molecule has 0 saturated carbocycles. The average molecular weight is 435 g/mol. The Labute approximate surface area is 176 Å². The molecule has 5 aromatic rings. The highest BCUT2D eigenvalue weighted by atomic mass is 32.1. The van der Waals surface area contributed by atoms with E-state index < -0.39 is 4.92 Å². The van der Waals surface area contributed by atoms with Crippen LogP contribution in [0.1, 0.15) is 11.4 Å². The molecule has 0 spiro atoms. The molecule has 0 radical (unpaired) electrons. The van der Waals surface area contributed by atoms with Gasteiger partial charge in [0.2, 0.25) is 0 Å². The van der Waals surface area contributed by atoms with E-state index in [0.717, 1.165) is 5.69 Å². The number of rotatable bonds is 4. The number of fused-ring (bicyclic) bond motifs is 2. The van der Waals surface area contributed by atoms with Crippen molar-refractivity contribution in [1.29, 1.82) is 0 Å². The summed E-state index contributed by atoms with van der Waals surface area (Å²) in [6, 6.07) is 7.48. The molecule has 0 saturated heterocycles. The molecule has 0 fully saturated rings. The van der Waals surface area contributed by atoms with E-state index in [1.165, 1.54) is 55.7 Å². The molecule has 0 atom stereocenters. The van der Waals surface area contributed by atoms with Gasteiger partial charge < -0.3 is 0 Å². The van der Waals surface area contributed by atoms with E-state index in [1.54, 1.807) is 12.1 Å². The second-order valence-corrected chi connectivity index (χ2v) is 7.63. The molecule has 0 aliphatic heterocycles. The summed E-state index contributed by atoms with van der Waals surface area (Å²) < 4.78 is 4.10. The van der Waals surface area contributed by atoms with E-state index in [-0.39, 0.29) is 40.1 Å². The number of thiazole rings is 1. The van der Waals surface area contributed by atoms with Crippen LogP contribution in [0.15, 0.2) is 57.8 Å². The van der Waals surface area contributed by atoms with Gasteiger partial charge >= 0.3 is 0 Å². The summed E-state index contributed by atoms with van der Waals surface area (Å²) in [5.41, 5.74) is 0.883. The molecule has 31 heavy (non-hydrogen) atoms. The van der Waals surface area contributed by atoms with Gasteiger partial charge in [-0.1, -0.05) is 12.1 Å². The van der Waals surface area contributed by atoms with Crippen LogP contribution in [-0.4, -0.2) is 33.6 Å². The van der Waals surface area contributed by atoms with Crippen LogP contribution in [0.25, 0.3) is 21.7 Å². The largest absolute Gasteiger partial charge is 0.294 e. The van der Waals surface area contributed by atoms with Crippen LogP contribution in [0.3, 0.4) is 0 Å². The molecule has 12 heteroatoms. The van der Waals surface area contributed by atoms with Gasteiger partial charge in [0.15, 0.2) is 10.6 Å². The van der Waals surface area contributed by atoms with Crippen molar-refractivity contribution >= 4 is 33.0 Å². The molecule has 0 amide bonds. The van der Waals surface area contributed by atoms with Crippen LogP contribution < -0.4 is 11.1 Å². The lowest BCUT2D eigenvalue weighted by molar-refractivity contribution is -0.384. The summed E-state index contributed by atoms with van der Waals surface area (Å²) in [6.07, 6.45) is 2.65. The average Bonchev–Trinajstić information content (AvgIpc) is 3.34. The third-order valence-corrected chi connectivity index (χ3v) is 5.77. The minimum atomic E-state index is -0.517. The number of benzene rings is 1. The fraction of sp³-hybridized carbons (Fsp3) is 0.105. The molecule has 0 N–H and O–H groups in total. The van der Waals surface area contributed by atoms with Crippen LogP contribution in [0.5, 0.6) is 0 Å². The Morgan fingerprint density at radius 2 is 2.03 bits per heavy atom. The normalized spacial score (nSPS) is 11.4. The maximum atomic E-state index is 13.0. The van der Waals surface area contributed by atoms with Crippen LogP contribution >= 0.6 is 11.3 Å². The maximum absolute atomic E-state index is 13.0. The SMILES string of the molecule is Cc1csc2nc(Cn3cnc4c(cnn4-c4ccccc4[N+](=O)[O-])c3=O)cc(=O)n12. The summed E-state index contributed by atoms with van der Waals surface area (Å²) in [6.45, 7) is 1.88. The van der Waals surface area contributed by atoms with Gasteiger partial charge in [-0.3, -0.25) is 28.7 Å². The molecule has 1 aromatic carbocycles. The summed E-state index contributed by atoms with van der Waals surface area (Å²) in [7, 11) is 0. The van der Waals surface area contributed by atoms with Crippen molar-refractivity contribution in [3.8, 4) is 5.69 Å². The zero-order valence-electron chi connectivity index (χ0n) is 16.0. The first-order chi connectivity index (χ1) is 14.9. The number of nitrogens with zero attached hydrogens (tertiary/aromatic N) is 7. The number of aryl methyl sites for hydroxylation is 1. The Kier molecular flexibility index (Phi) is 4.22. The Bertz CT molecular complexity index is 1610. The Balaban J connectivity index is 1.59.